The summed E-state index contributed by atoms with van der Waals surface area (Å²) in [6.45, 7) is 9.92. The van der Waals surface area contributed by atoms with E-state index in [1.807, 2.05) is 0 Å². The second-order valence-electron chi connectivity index (χ2n) is 11.6. The molecule has 11 atom stereocenters. The minimum atomic E-state index is -0.199. The molecular weight excluding hydrogens is 348 g/mol. The average Bonchev–Trinajstić information content (AvgIpc) is 3.01. The fraction of sp³-hybridized carbons (Fsp3) is 1.00. The first-order chi connectivity index (χ1) is 13.3. The molecular formula is C25H44O3. The van der Waals surface area contributed by atoms with Crippen LogP contribution >= 0.6 is 0 Å². The molecule has 0 aromatic heterocycles. The summed E-state index contributed by atoms with van der Waals surface area (Å²) in [7, 11) is 0. The minimum absolute atomic E-state index is 0.167. The largest absolute Gasteiger partial charge is 0.396 e. The van der Waals surface area contributed by atoms with Crippen molar-refractivity contribution in [1.82, 2.24) is 0 Å². The Balaban J connectivity index is 1.67. The topological polar surface area (TPSA) is 60.7 Å². The molecule has 5 unspecified atom stereocenters. The quantitative estimate of drug-likeness (QED) is 0.653. The first-order valence-corrected chi connectivity index (χ1v) is 12.2. The molecule has 3 N–H and O–H groups in total. The second-order valence-corrected chi connectivity index (χ2v) is 11.6. The summed E-state index contributed by atoms with van der Waals surface area (Å²) >= 11 is 0. The van der Waals surface area contributed by atoms with Crippen LogP contribution in [0.5, 0.6) is 0 Å². The summed E-state index contributed by atoms with van der Waals surface area (Å²) in [6, 6.07) is 0. The number of hydrogen-bond acceptors (Lipinski definition) is 3. The van der Waals surface area contributed by atoms with E-state index in [0.29, 0.717) is 58.9 Å². The fourth-order valence-corrected chi connectivity index (χ4v) is 9.34. The van der Waals surface area contributed by atoms with Gasteiger partial charge in [-0.15, -0.1) is 0 Å². The van der Waals surface area contributed by atoms with Gasteiger partial charge in [0.2, 0.25) is 0 Å². The van der Waals surface area contributed by atoms with E-state index in [1.165, 1.54) is 25.7 Å². The molecule has 0 radical (unpaired) electrons. The predicted molar refractivity (Wildman–Crippen MR) is 113 cm³/mol. The summed E-state index contributed by atoms with van der Waals surface area (Å²) in [5.41, 5.74) is 0.617. The van der Waals surface area contributed by atoms with Gasteiger partial charge in [0, 0.05) is 6.61 Å². The highest BCUT2D eigenvalue weighted by Crippen LogP contribution is 2.69. The van der Waals surface area contributed by atoms with Crippen molar-refractivity contribution in [3.8, 4) is 0 Å². The van der Waals surface area contributed by atoms with Crippen molar-refractivity contribution in [3.05, 3.63) is 0 Å². The lowest BCUT2D eigenvalue weighted by Gasteiger charge is -2.64. The third kappa shape index (κ3) is 2.94. The first-order valence-electron chi connectivity index (χ1n) is 12.2. The molecule has 0 aliphatic heterocycles. The Bertz CT molecular complexity index is 564. The summed E-state index contributed by atoms with van der Waals surface area (Å²) in [4.78, 5) is 0. The lowest BCUT2D eigenvalue weighted by Crippen LogP contribution is -2.62. The van der Waals surface area contributed by atoms with Crippen LogP contribution in [0.2, 0.25) is 0 Å². The molecule has 0 heterocycles. The molecule has 4 aliphatic rings. The van der Waals surface area contributed by atoms with Crippen LogP contribution < -0.4 is 0 Å². The Labute approximate surface area is 172 Å². The van der Waals surface area contributed by atoms with E-state index >= 15 is 0 Å². The number of aliphatic hydroxyl groups excluding tert-OH is 3. The zero-order valence-corrected chi connectivity index (χ0v) is 18.6. The molecule has 0 saturated heterocycles. The second kappa shape index (κ2) is 7.54. The molecule has 4 aliphatic carbocycles. The van der Waals surface area contributed by atoms with E-state index in [4.69, 9.17) is 0 Å². The summed E-state index contributed by atoms with van der Waals surface area (Å²) < 4.78 is 0. The molecule has 0 spiro atoms. The monoisotopic (exact) mass is 392 g/mol. The Morgan fingerprint density at radius 1 is 0.929 bits per heavy atom. The molecule has 3 heteroatoms. The van der Waals surface area contributed by atoms with Crippen LogP contribution in [0, 0.1) is 52.3 Å². The summed E-state index contributed by atoms with van der Waals surface area (Å²) in [5, 5.41) is 31.6. The molecule has 3 nitrogen and oxygen atoms in total. The number of aliphatic hydroxyl groups is 3. The molecule has 0 amide bonds. The van der Waals surface area contributed by atoms with Gasteiger partial charge in [-0.2, -0.15) is 0 Å². The van der Waals surface area contributed by atoms with Crippen molar-refractivity contribution >= 4 is 0 Å². The Kier molecular flexibility index (Phi) is 5.69. The minimum Gasteiger partial charge on any atom is -0.396 e. The Hall–Kier alpha value is -0.120. The van der Waals surface area contributed by atoms with E-state index in [0.717, 1.165) is 32.1 Å². The molecule has 28 heavy (non-hydrogen) atoms. The first kappa shape index (κ1) is 21.1. The molecule has 162 valence electrons. The van der Waals surface area contributed by atoms with Crippen molar-refractivity contribution in [2.45, 2.75) is 97.7 Å². The van der Waals surface area contributed by atoms with E-state index in [-0.39, 0.29) is 12.2 Å². The summed E-state index contributed by atoms with van der Waals surface area (Å²) in [6.07, 6.45) is 9.62. The van der Waals surface area contributed by atoms with Crippen molar-refractivity contribution in [3.63, 3.8) is 0 Å². The van der Waals surface area contributed by atoms with Gasteiger partial charge in [-0.1, -0.05) is 34.1 Å². The highest BCUT2D eigenvalue weighted by Gasteiger charge is 2.64. The standard InChI is InChI=1S/C25H44O3/c1-5-17-21-14-16(27)8-11-25(21,4)20-9-12-24(3)18(15(2)10-13-26)6-7-19(24)22(20)23(17)28/h15-23,26-28H,5-14H2,1-4H3/t15-,16-,17-,18?,19?,20?,21?,22?,23-,24-,25-/m1/s1. The lowest BCUT2D eigenvalue weighted by atomic mass is 9.41. The van der Waals surface area contributed by atoms with Crippen molar-refractivity contribution in [1.29, 1.82) is 0 Å². The van der Waals surface area contributed by atoms with Gasteiger partial charge in [-0.05, 0) is 104 Å². The number of fused-ring (bicyclic) bond motifs is 5. The maximum absolute atomic E-state index is 11.7. The van der Waals surface area contributed by atoms with Crippen LogP contribution in [-0.2, 0) is 0 Å². The van der Waals surface area contributed by atoms with E-state index in [9.17, 15) is 15.3 Å². The third-order valence-corrected chi connectivity index (χ3v) is 10.7. The van der Waals surface area contributed by atoms with E-state index in [1.54, 1.807) is 0 Å². The fourth-order valence-electron chi connectivity index (χ4n) is 9.34. The van der Waals surface area contributed by atoms with E-state index < -0.39 is 0 Å². The van der Waals surface area contributed by atoms with Gasteiger partial charge in [0.25, 0.3) is 0 Å². The highest BCUT2D eigenvalue weighted by molar-refractivity contribution is 5.13. The third-order valence-electron chi connectivity index (χ3n) is 10.7. The Morgan fingerprint density at radius 3 is 2.29 bits per heavy atom. The molecule has 0 aromatic carbocycles. The zero-order valence-electron chi connectivity index (χ0n) is 18.6. The van der Waals surface area contributed by atoms with Crippen LogP contribution in [0.3, 0.4) is 0 Å². The molecule has 4 fully saturated rings. The number of rotatable bonds is 4. The maximum Gasteiger partial charge on any atom is 0.0605 e. The molecule has 4 rings (SSSR count). The van der Waals surface area contributed by atoms with Crippen LogP contribution in [-0.4, -0.2) is 34.1 Å². The van der Waals surface area contributed by atoms with Gasteiger partial charge in [0.1, 0.15) is 0 Å². The SMILES string of the molecule is CC[C@@H]1C2C[C@H](O)CC[C@]2(C)C2CC[C@@]3(C)C(CCC3[C@H](C)CCO)C2[C@@H]1O. The van der Waals surface area contributed by atoms with Gasteiger partial charge >= 0.3 is 0 Å². The van der Waals surface area contributed by atoms with Crippen LogP contribution in [0.1, 0.15) is 85.5 Å². The molecule has 0 aromatic rings. The maximum atomic E-state index is 11.7. The van der Waals surface area contributed by atoms with E-state index in [2.05, 4.69) is 27.7 Å². The molecule has 4 saturated carbocycles. The van der Waals surface area contributed by atoms with Gasteiger partial charge in [-0.3, -0.25) is 0 Å². The van der Waals surface area contributed by atoms with Crippen LogP contribution in [0.25, 0.3) is 0 Å². The smallest absolute Gasteiger partial charge is 0.0605 e. The Morgan fingerprint density at radius 2 is 1.61 bits per heavy atom. The average molecular weight is 393 g/mol. The van der Waals surface area contributed by atoms with Gasteiger partial charge < -0.3 is 15.3 Å². The van der Waals surface area contributed by atoms with Crippen molar-refractivity contribution < 1.29 is 15.3 Å². The number of hydrogen-bond donors (Lipinski definition) is 3. The van der Waals surface area contributed by atoms with Crippen LogP contribution in [0.15, 0.2) is 0 Å². The van der Waals surface area contributed by atoms with Crippen molar-refractivity contribution in [2.75, 3.05) is 6.61 Å². The zero-order chi connectivity index (χ0) is 20.3. The molecule has 0 bridgehead atoms. The highest BCUT2D eigenvalue weighted by atomic mass is 16.3. The van der Waals surface area contributed by atoms with Gasteiger partial charge in [0.15, 0.2) is 0 Å². The van der Waals surface area contributed by atoms with Gasteiger partial charge in [-0.25, -0.2) is 0 Å². The summed E-state index contributed by atoms with van der Waals surface area (Å²) in [5.74, 6) is 3.78. The normalized spacial score (nSPS) is 54.5. The van der Waals surface area contributed by atoms with Gasteiger partial charge in [0.05, 0.1) is 12.2 Å². The van der Waals surface area contributed by atoms with Crippen LogP contribution in [0.4, 0.5) is 0 Å². The van der Waals surface area contributed by atoms with Crippen molar-refractivity contribution in [2.24, 2.45) is 52.3 Å². The lowest BCUT2D eigenvalue weighted by molar-refractivity contribution is -0.203. The predicted octanol–water partition coefficient (Wildman–Crippen LogP) is 4.63.